The van der Waals surface area contributed by atoms with Gasteiger partial charge in [0.1, 0.15) is 5.60 Å². The number of nitrogens with two attached hydrogens (primary N) is 1. The molecule has 0 aromatic heterocycles. The van der Waals surface area contributed by atoms with Crippen LogP contribution in [0.25, 0.3) is 0 Å². The van der Waals surface area contributed by atoms with Gasteiger partial charge in [0, 0.05) is 12.8 Å². The molecule has 2 atom stereocenters. The second-order valence-corrected chi connectivity index (χ2v) is 9.95. The molecule has 0 spiro atoms. The first-order valence-corrected chi connectivity index (χ1v) is 10.9. The molecule has 8 nitrogen and oxygen atoms in total. The predicted molar refractivity (Wildman–Crippen MR) is 105 cm³/mol. The van der Waals surface area contributed by atoms with Gasteiger partial charge in [0.05, 0.1) is 35.3 Å². The lowest BCUT2D eigenvalue weighted by molar-refractivity contribution is -0.161. The van der Waals surface area contributed by atoms with Gasteiger partial charge in [-0.25, -0.2) is 13.2 Å². The van der Waals surface area contributed by atoms with E-state index in [0.717, 1.165) is 6.26 Å². The molecule has 0 saturated carbocycles. The minimum atomic E-state index is -3.55. The number of piperidine rings is 1. The average Bonchev–Trinajstić information content (AvgIpc) is 2.58. The molecule has 9 heteroatoms. The van der Waals surface area contributed by atoms with Crippen LogP contribution in [0.3, 0.4) is 0 Å². The second kappa shape index (κ2) is 8.08. The van der Waals surface area contributed by atoms with Gasteiger partial charge in [0.25, 0.3) is 0 Å². The lowest BCUT2D eigenvalue weighted by atomic mass is 9.93. The van der Waals surface area contributed by atoms with E-state index in [1.807, 2.05) is 0 Å². The highest BCUT2D eigenvalue weighted by Gasteiger charge is 2.35. The van der Waals surface area contributed by atoms with E-state index in [9.17, 15) is 18.0 Å². The van der Waals surface area contributed by atoms with E-state index in [1.165, 1.54) is 25.3 Å². The average molecular weight is 413 g/mol. The maximum atomic E-state index is 12.4. The van der Waals surface area contributed by atoms with Crippen molar-refractivity contribution < 1.29 is 27.5 Å². The summed E-state index contributed by atoms with van der Waals surface area (Å²) < 4.78 is 34.6. The summed E-state index contributed by atoms with van der Waals surface area (Å²) in [6.45, 7) is 5.77. The number of benzene rings is 1. The van der Waals surface area contributed by atoms with Gasteiger partial charge >= 0.3 is 11.9 Å². The fourth-order valence-corrected chi connectivity index (χ4v) is 4.07. The van der Waals surface area contributed by atoms with Crippen LogP contribution in [0.2, 0.25) is 0 Å². The van der Waals surface area contributed by atoms with Crippen molar-refractivity contribution in [2.45, 2.75) is 50.3 Å². The maximum Gasteiger partial charge on any atom is 0.337 e. The highest BCUT2D eigenvalue weighted by Crippen LogP contribution is 2.33. The molecule has 28 heavy (non-hydrogen) atoms. The smallest absolute Gasteiger partial charge is 0.337 e. The van der Waals surface area contributed by atoms with E-state index in [0.29, 0.717) is 25.1 Å². The Morgan fingerprint density at radius 2 is 1.89 bits per heavy atom. The second-order valence-electron chi connectivity index (χ2n) is 7.96. The number of sulfone groups is 1. The molecular formula is C19H28N2O6S. The van der Waals surface area contributed by atoms with Gasteiger partial charge in [-0.3, -0.25) is 4.79 Å². The zero-order chi connectivity index (χ0) is 21.3. The van der Waals surface area contributed by atoms with E-state index in [-0.39, 0.29) is 22.3 Å². The zero-order valence-electron chi connectivity index (χ0n) is 16.9. The molecule has 0 aliphatic carbocycles. The molecule has 1 aliphatic rings. The molecule has 1 fully saturated rings. The molecule has 0 amide bonds. The maximum absolute atomic E-state index is 12.4. The van der Waals surface area contributed by atoms with Crippen LogP contribution in [0, 0.1) is 5.92 Å². The first-order valence-electron chi connectivity index (χ1n) is 9.01. The molecule has 1 saturated heterocycles. The predicted octanol–water partition coefficient (Wildman–Crippen LogP) is 1.72. The van der Waals surface area contributed by atoms with E-state index in [4.69, 9.17) is 15.2 Å². The Kier molecular flexibility index (Phi) is 6.40. The van der Waals surface area contributed by atoms with Gasteiger partial charge in [0.2, 0.25) is 0 Å². The van der Waals surface area contributed by atoms with Crippen molar-refractivity contribution in [1.29, 1.82) is 0 Å². The van der Waals surface area contributed by atoms with E-state index in [1.54, 1.807) is 25.7 Å². The summed E-state index contributed by atoms with van der Waals surface area (Å²) >= 11 is 0. The van der Waals surface area contributed by atoms with Crippen LogP contribution in [0.15, 0.2) is 23.1 Å². The van der Waals surface area contributed by atoms with Crippen LogP contribution in [-0.4, -0.2) is 52.0 Å². The van der Waals surface area contributed by atoms with Crippen molar-refractivity contribution in [1.82, 2.24) is 0 Å². The summed E-state index contributed by atoms with van der Waals surface area (Å²) in [6.07, 6.45) is 1.29. The molecule has 0 bridgehead atoms. The molecule has 156 valence electrons. The SMILES string of the molecule is COC(=O)c1ccc(S(C)(=O)=O)c(N2CCC(C(=O)OC(C)(C)C)CC2N)c1. The third-order valence-electron chi connectivity index (χ3n) is 4.47. The summed E-state index contributed by atoms with van der Waals surface area (Å²) in [4.78, 5) is 26.0. The third-order valence-corrected chi connectivity index (χ3v) is 5.62. The number of nitrogens with zero attached hydrogens (tertiary/aromatic N) is 1. The Labute approximate surface area is 165 Å². The number of hydrogen-bond acceptors (Lipinski definition) is 8. The fourth-order valence-electron chi connectivity index (χ4n) is 3.20. The monoisotopic (exact) mass is 412 g/mol. The molecular weight excluding hydrogens is 384 g/mol. The normalized spacial score (nSPS) is 20.6. The standard InChI is InChI=1S/C19H28N2O6S/c1-19(2,3)27-18(23)13-8-9-21(16(20)11-13)14-10-12(17(22)26-4)6-7-15(14)28(5,24)25/h6-7,10,13,16H,8-9,11,20H2,1-5H3. The molecule has 2 N–H and O–H groups in total. The number of carbonyl (C=O) groups is 2. The number of carbonyl (C=O) groups excluding carboxylic acids is 2. The number of hydrogen-bond donors (Lipinski definition) is 1. The molecule has 1 aromatic rings. The lowest BCUT2D eigenvalue weighted by Gasteiger charge is -2.39. The number of rotatable bonds is 4. The molecule has 1 aliphatic heterocycles. The number of anilines is 1. The van der Waals surface area contributed by atoms with Crippen LogP contribution in [0.4, 0.5) is 5.69 Å². The number of esters is 2. The van der Waals surface area contributed by atoms with Crippen molar-refractivity contribution >= 4 is 27.5 Å². The first-order chi connectivity index (χ1) is 12.8. The van der Waals surface area contributed by atoms with Crippen molar-refractivity contribution in [2.75, 3.05) is 24.8 Å². The van der Waals surface area contributed by atoms with Crippen LogP contribution in [-0.2, 0) is 24.1 Å². The fraction of sp³-hybridized carbons (Fsp3) is 0.579. The van der Waals surface area contributed by atoms with E-state index in [2.05, 4.69) is 0 Å². The van der Waals surface area contributed by atoms with Crippen LogP contribution in [0.1, 0.15) is 44.0 Å². The highest BCUT2D eigenvalue weighted by atomic mass is 32.2. The molecule has 2 rings (SSSR count). The Hall–Kier alpha value is -2.13. The van der Waals surface area contributed by atoms with Gasteiger partial charge in [0.15, 0.2) is 9.84 Å². The molecule has 2 unspecified atom stereocenters. The quantitative estimate of drug-likeness (QED) is 0.743. The third kappa shape index (κ3) is 5.23. The Bertz CT molecular complexity index is 860. The summed E-state index contributed by atoms with van der Waals surface area (Å²) in [7, 11) is -2.30. The van der Waals surface area contributed by atoms with Gasteiger partial charge in [-0.1, -0.05) is 0 Å². The van der Waals surface area contributed by atoms with E-state index >= 15 is 0 Å². The Balaban J connectivity index is 2.32. The van der Waals surface area contributed by atoms with Crippen molar-refractivity contribution in [2.24, 2.45) is 11.7 Å². The van der Waals surface area contributed by atoms with Gasteiger partial charge < -0.3 is 20.1 Å². The largest absolute Gasteiger partial charge is 0.465 e. The first kappa shape index (κ1) is 22.2. The number of methoxy groups -OCH3 is 1. The van der Waals surface area contributed by atoms with Crippen molar-refractivity contribution in [3.8, 4) is 0 Å². The van der Waals surface area contributed by atoms with Gasteiger partial charge in [-0.05, 0) is 51.8 Å². The highest BCUT2D eigenvalue weighted by molar-refractivity contribution is 7.90. The zero-order valence-corrected chi connectivity index (χ0v) is 17.7. The topological polar surface area (TPSA) is 116 Å². The van der Waals surface area contributed by atoms with Crippen LogP contribution in [0.5, 0.6) is 0 Å². The minimum absolute atomic E-state index is 0.0753. The lowest BCUT2D eigenvalue weighted by Crippen LogP contribution is -2.50. The molecule has 1 heterocycles. The van der Waals surface area contributed by atoms with E-state index < -0.39 is 27.6 Å². The van der Waals surface area contributed by atoms with Crippen LogP contribution >= 0.6 is 0 Å². The van der Waals surface area contributed by atoms with Crippen molar-refractivity contribution in [3.05, 3.63) is 23.8 Å². The van der Waals surface area contributed by atoms with Crippen LogP contribution < -0.4 is 10.6 Å². The van der Waals surface area contributed by atoms with Gasteiger partial charge in [-0.2, -0.15) is 0 Å². The molecule has 0 radical (unpaired) electrons. The summed E-state index contributed by atoms with van der Waals surface area (Å²) in [5.74, 6) is -1.25. The molecule has 1 aromatic carbocycles. The summed E-state index contributed by atoms with van der Waals surface area (Å²) in [5, 5.41) is 0. The Morgan fingerprint density at radius 1 is 1.25 bits per heavy atom. The Morgan fingerprint density at radius 3 is 2.39 bits per heavy atom. The van der Waals surface area contributed by atoms with Gasteiger partial charge in [-0.15, -0.1) is 0 Å². The minimum Gasteiger partial charge on any atom is -0.465 e. The summed E-state index contributed by atoms with van der Waals surface area (Å²) in [6, 6.07) is 4.25. The number of ether oxygens (including phenoxy) is 2. The summed E-state index contributed by atoms with van der Waals surface area (Å²) in [5.41, 5.74) is 6.26. The van der Waals surface area contributed by atoms with Crippen molar-refractivity contribution in [3.63, 3.8) is 0 Å².